The number of anilines is 1. The van der Waals surface area contributed by atoms with Gasteiger partial charge in [-0.25, -0.2) is 0 Å². The average Bonchev–Trinajstić information content (AvgIpc) is 2.66. The Morgan fingerprint density at radius 3 is 2.67 bits per heavy atom. The lowest BCUT2D eigenvalue weighted by atomic mass is 10.2. The Balaban J connectivity index is 1.81. The third-order valence-corrected chi connectivity index (χ3v) is 5.58. The van der Waals surface area contributed by atoms with Gasteiger partial charge in [-0.2, -0.15) is 5.26 Å². The number of ether oxygens (including phenoxy) is 1. The van der Waals surface area contributed by atoms with Crippen molar-refractivity contribution in [3.05, 3.63) is 53.6 Å². The molecule has 0 saturated heterocycles. The molecule has 0 unspecified atom stereocenters. The number of para-hydroxylation sites is 1. The summed E-state index contributed by atoms with van der Waals surface area (Å²) in [5, 5.41) is 11.4. The van der Waals surface area contributed by atoms with E-state index in [-0.39, 0.29) is 18.1 Å². The molecule has 0 heterocycles. The van der Waals surface area contributed by atoms with Gasteiger partial charge in [-0.3, -0.25) is 9.59 Å². The number of esters is 1. The van der Waals surface area contributed by atoms with Crippen molar-refractivity contribution < 1.29 is 14.3 Å². The molecular weight excluding hydrogens is 380 g/mol. The van der Waals surface area contributed by atoms with Crippen LogP contribution in [0.25, 0.3) is 0 Å². The van der Waals surface area contributed by atoms with Crippen LogP contribution in [0, 0.1) is 25.2 Å². The topological polar surface area (TPSA) is 79.2 Å². The molecular formula is C20H20N2O3S2. The van der Waals surface area contributed by atoms with Crippen LogP contribution in [0.5, 0.6) is 0 Å². The molecule has 0 spiro atoms. The SMILES string of the molecule is Cc1ccc(C)c(SCC(=O)OCC(=O)Nc2ccccc2SCC#N)c1. The van der Waals surface area contributed by atoms with E-state index in [9.17, 15) is 9.59 Å². The largest absolute Gasteiger partial charge is 0.455 e. The highest BCUT2D eigenvalue weighted by molar-refractivity contribution is 8.00. The maximum Gasteiger partial charge on any atom is 0.316 e. The first-order valence-corrected chi connectivity index (χ1v) is 10.2. The standard InChI is InChI=1S/C20H20N2O3S2/c1-14-7-8-15(2)18(11-14)27-13-20(24)25-12-19(23)22-16-5-3-4-6-17(16)26-10-9-21/h3-8,11H,10,12-13H2,1-2H3,(H,22,23). The molecule has 2 rings (SSSR count). The van der Waals surface area contributed by atoms with Gasteiger partial charge in [0.05, 0.1) is 23.3 Å². The lowest BCUT2D eigenvalue weighted by Crippen LogP contribution is -2.22. The molecule has 5 nitrogen and oxygen atoms in total. The molecule has 0 radical (unpaired) electrons. The quantitative estimate of drug-likeness (QED) is 0.529. The minimum atomic E-state index is -0.441. The van der Waals surface area contributed by atoms with Crippen LogP contribution in [-0.4, -0.2) is 30.0 Å². The van der Waals surface area contributed by atoms with Gasteiger partial charge in [0.1, 0.15) is 0 Å². The number of nitrogens with zero attached hydrogens (tertiary/aromatic N) is 1. The van der Waals surface area contributed by atoms with E-state index in [2.05, 4.69) is 11.4 Å². The fraction of sp³-hybridized carbons (Fsp3) is 0.250. The third-order valence-electron chi connectivity index (χ3n) is 3.51. The number of rotatable bonds is 8. The van der Waals surface area contributed by atoms with E-state index in [0.29, 0.717) is 5.69 Å². The first kappa shape index (κ1) is 20.9. The van der Waals surface area contributed by atoms with Gasteiger partial charge in [-0.05, 0) is 37.6 Å². The minimum absolute atomic E-state index is 0.145. The fourth-order valence-electron chi connectivity index (χ4n) is 2.18. The zero-order valence-electron chi connectivity index (χ0n) is 15.2. The number of hydrogen-bond donors (Lipinski definition) is 1. The lowest BCUT2D eigenvalue weighted by molar-refractivity contribution is -0.144. The van der Waals surface area contributed by atoms with E-state index in [1.807, 2.05) is 44.2 Å². The van der Waals surface area contributed by atoms with Crippen molar-refractivity contribution in [3.8, 4) is 6.07 Å². The zero-order valence-corrected chi connectivity index (χ0v) is 16.8. The van der Waals surface area contributed by atoms with E-state index < -0.39 is 11.9 Å². The molecule has 0 bridgehead atoms. The summed E-state index contributed by atoms with van der Waals surface area (Å²) in [4.78, 5) is 25.8. The highest BCUT2D eigenvalue weighted by Crippen LogP contribution is 2.26. The minimum Gasteiger partial charge on any atom is -0.455 e. The highest BCUT2D eigenvalue weighted by atomic mass is 32.2. The van der Waals surface area contributed by atoms with E-state index in [4.69, 9.17) is 10.00 Å². The first-order chi connectivity index (χ1) is 13.0. The summed E-state index contributed by atoms with van der Waals surface area (Å²) in [6.07, 6.45) is 0. The van der Waals surface area contributed by atoms with Crippen molar-refractivity contribution in [1.29, 1.82) is 5.26 Å². The maximum atomic E-state index is 12.0. The van der Waals surface area contributed by atoms with Gasteiger partial charge in [0.15, 0.2) is 6.61 Å². The van der Waals surface area contributed by atoms with Crippen LogP contribution in [-0.2, 0) is 14.3 Å². The molecule has 7 heteroatoms. The second-order valence-corrected chi connectivity index (χ2v) is 7.74. The van der Waals surface area contributed by atoms with Gasteiger partial charge in [0, 0.05) is 9.79 Å². The summed E-state index contributed by atoms with van der Waals surface area (Å²) >= 11 is 2.73. The van der Waals surface area contributed by atoms with Crippen LogP contribution in [0.2, 0.25) is 0 Å². The van der Waals surface area contributed by atoms with Gasteiger partial charge in [0.25, 0.3) is 5.91 Å². The predicted octanol–water partition coefficient (Wildman–Crippen LogP) is 4.19. The molecule has 1 amide bonds. The van der Waals surface area contributed by atoms with Crippen molar-refractivity contribution in [3.63, 3.8) is 0 Å². The summed E-state index contributed by atoms with van der Waals surface area (Å²) in [6, 6.07) is 15.3. The third kappa shape index (κ3) is 7.00. The number of nitriles is 1. The Bertz CT molecular complexity index is 863. The fourth-order valence-corrected chi connectivity index (χ4v) is 3.77. The number of thioether (sulfide) groups is 2. The van der Waals surface area contributed by atoms with Crippen molar-refractivity contribution in [2.75, 3.05) is 23.4 Å². The Hall–Kier alpha value is -2.43. The van der Waals surface area contributed by atoms with Gasteiger partial charge < -0.3 is 10.1 Å². The van der Waals surface area contributed by atoms with Gasteiger partial charge in [0.2, 0.25) is 0 Å². The summed E-state index contributed by atoms with van der Waals surface area (Å²) < 4.78 is 5.06. The van der Waals surface area contributed by atoms with Crippen LogP contribution in [0.15, 0.2) is 52.3 Å². The van der Waals surface area contributed by atoms with E-state index in [0.717, 1.165) is 20.9 Å². The van der Waals surface area contributed by atoms with Crippen molar-refractivity contribution in [2.45, 2.75) is 23.6 Å². The molecule has 27 heavy (non-hydrogen) atoms. The number of nitrogens with one attached hydrogen (secondary N) is 1. The Morgan fingerprint density at radius 1 is 1.11 bits per heavy atom. The van der Waals surface area contributed by atoms with E-state index >= 15 is 0 Å². The molecule has 0 saturated carbocycles. The van der Waals surface area contributed by atoms with E-state index in [1.54, 1.807) is 12.1 Å². The zero-order chi connectivity index (χ0) is 19.6. The smallest absolute Gasteiger partial charge is 0.316 e. The van der Waals surface area contributed by atoms with Crippen LogP contribution in [0.1, 0.15) is 11.1 Å². The Kier molecular flexibility index (Phi) is 8.24. The van der Waals surface area contributed by atoms with Gasteiger partial charge in [-0.1, -0.05) is 29.8 Å². The number of aryl methyl sites for hydroxylation is 2. The van der Waals surface area contributed by atoms with Crippen LogP contribution >= 0.6 is 23.5 Å². The molecule has 0 aliphatic carbocycles. The summed E-state index contributed by atoms with van der Waals surface area (Å²) in [6.45, 7) is 3.64. The number of carbonyl (C=O) groups is 2. The van der Waals surface area contributed by atoms with Crippen molar-refractivity contribution in [1.82, 2.24) is 0 Å². The van der Waals surface area contributed by atoms with Crippen molar-refractivity contribution >= 4 is 41.1 Å². The second kappa shape index (κ2) is 10.7. The maximum absolute atomic E-state index is 12.0. The first-order valence-electron chi connectivity index (χ1n) is 8.24. The number of carbonyl (C=O) groups excluding carboxylic acids is 2. The van der Waals surface area contributed by atoms with Crippen LogP contribution in [0.4, 0.5) is 5.69 Å². The number of amides is 1. The molecule has 0 fully saturated rings. The number of benzene rings is 2. The monoisotopic (exact) mass is 400 g/mol. The van der Waals surface area contributed by atoms with Crippen LogP contribution in [0.3, 0.4) is 0 Å². The molecule has 0 aliphatic heterocycles. The Labute approximate surface area is 167 Å². The normalized spacial score (nSPS) is 10.1. The van der Waals surface area contributed by atoms with Gasteiger partial charge >= 0.3 is 5.97 Å². The molecule has 0 aliphatic rings. The van der Waals surface area contributed by atoms with E-state index in [1.165, 1.54) is 23.5 Å². The highest BCUT2D eigenvalue weighted by Gasteiger charge is 2.11. The summed E-state index contributed by atoms with van der Waals surface area (Å²) in [5.41, 5.74) is 2.83. The summed E-state index contributed by atoms with van der Waals surface area (Å²) in [7, 11) is 0. The molecule has 140 valence electrons. The lowest BCUT2D eigenvalue weighted by Gasteiger charge is -2.10. The predicted molar refractivity (Wildman–Crippen MR) is 109 cm³/mol. The number of hydrogen-bond acceptors (Lipinski definition) is 6. The molecule has 0 aromatic heterocycles. The molecule has 2 aromatic rings. The van der Waals surface area contributed by atoms with Gasteiger partial charge in [-0.15, -0.1) is 23.5 Å². The molecule has 0 atom stereocenters. The Morgan fingerprint density at radius 2 is 1.89 bits per heavy atom. The average molecular weight is 401 g/mol. The van der Waals surface area contributed by atoms with Crippen molar-refractivity contribution in [2.24, 2.45) is 0 Å². The summed E-state index contributed by atoms with van der Waals surface area (Å²) in [5.74, 6) is -0.419. The second-order valence-electron chi connectivity index (χ2n) is 5.71. The van der Waals surface area contributed by atoms with Crippen LogP contribution < -0.4 is 5.32 Å². The molecule has 2 aromatic carbocycles. The molecule has 1 N–H and O–H groups in total.